The average molecular weight is 273 g/mol. The lowest BCUT2D eigenvalue weighted by Gasteiger charge is -2.46. The molecule has 2 fully saturated rings. The summed E-state index contributed by atoms with van der Waals surface area (Å²) in [5.41, 5.74) is 1.04. The topological polar surface area (TPSA) is 23.5 Å². The number of benzene rings is 1. The Kier molecular flexibility index (Phi) is 4.13. The van der Waals surface area contributed by atoms with Crippen molar-refractivity contribution in [1.29, 1.82) is 0 Å². The van der Waals surface area contributed by atoms with Crippen LogP contribution in [0.3, 0.4) is 0 Å². The first-order chi connectivity index (χ1) is 9.68. The minimum atomic E-state index is -0.409. The first kappa shape index (κ1) is 14.1. The van der Waals surface area contributed by atoms with E-state index in [1.54, 1.807) is 0 Å². The molecule has 1 aromatic rings. The SMILES string of the molecule is CCC1CCC(O)(CN2CC(c3ccccc3)C2)CC1. The number of aliphatic hydroxyl groups is 1. The molecule has 0 amide bonds. The molecule has 0 unspecified atom stereocenters. The van der Waals surface area contributed by atoms with Crippen LogP contribution >= 0.6 is 0 Å². The lowest BCUT2D eigenvalue weighted by atomic mass is 9.77. The highest BCUT2D eigenvalue weighted by atomic mass is 16.3. The summed E-state index contributed by atoms with van der Waals surface area (Å²) in [4.78, 5) is 2.43. The third-order valence-corrected chi connectivity index (χ3v) is 5.36. The van der Waals surface area contributed by atoms with Crippen LogP contribution in [-0.4, -0.2) is 35.2 Å². The summed E-state index contributed by atoms with van der Waals surface area (Å²) < 4.78 is 0. The molecule has 1 saturated carbocycles. The normalized spacial score (nSPS) is 32.0. The highest BCUT2D eigenvalue weighted by Crippen LogP contribution is 2.36. The van der Waals surface area contributed by atoms with Gasteiger partial charge >= 0.3 is 0 Å². The van der Waals surface area contributed by atoms with E-state index in [-0.39, 0.29) is 0 Å². The Morgan fingerprint density at radius 1 is 1.15 bits per heavy atom. The summed E-state index contributed by atoms with van der Waals surface area (Å²) in [5.74, 6) is 1.52. The van der Waals surface area contributed by atoms with Gasteiger partial charge in [-0.25, -0.2) is 0 Å². The Morgan fingerprint density at radius 3 is 2.40 bits per heavy atom. The lowest BCUT2D eigenvalue weighted by molar-refractivity contribution is -0.0531. The fourth-order valence-electron chi connectivity index (χ4n) is 3.83. The molecular formula is C18H27NO. The minimum Gasteiger partial charge on any atom is -0.389 e. The van der Waals surface area contributed by atoms with E-state index in [2.05, 4.69) is 42.2 Å². The first-order valence-electron chi connectivity index (χ1n) is 8.18. The van der Waals surface area contributed by atoms with Gasteiger partial charge in [-0.1, -0.05) is 43.7 Å². The molecule has 20 heavy (non-hydrogen) atoms. The van der Waals surface area contributed by atoms with Gasteiger partial charge in [-0.2, -0.15) is 0 Å². The molecule has 110 valence electrons. The third-order valence-electron chi connectivity index (χ3n) is 5.36. The van der Waals surface area contributed by atoms with E-state index in [4.69, 9.17) is 0 Å². The fraction of sp³-hybridized carbons (Fsp3) is 0.667. The van der Waals surface area contributed by atoms with E-state index in [1.807, 2.05) is 0 Å². The number of rotatable bonds is 4. The van der Waals surface area contributed by atoms with Gasteiger partial charge in [-0.3, -0.25) is 4.90 Å². The van der Waals surface area contributed by atoms with Gasteiger partial charge in [0.15, 0.2) is 0 Å². The molecule has 2 heteroatoms. The smallest absolute Gasteiger partial charge is 0.0774 e. The fourth-order valence-corrected chi connectivity index (χ4v) is 3.83. The summed E-state index contributed by atoms with van der Waals surface area (Å²) in [5, 5.41) is 10.7. The van der Waals surface area contributed by atoms with Crippen LogP contribution in [0.5, 0.6) is 0 Å². The molecule has 3 rings (SSSR count). The third kappa shape index (κ3) is 3.07. The van der Waals surface area contributed by atoms with E-state index in [1.165, 1.54) is 24.8 Å². The molecule has 0 atom stereocenters. The zero-order valence-electron chi connectivity index (χ0n) is 12.6. The van der Waals surface area contributed by atoms with Crippen molar-refractivity contribution in [1.82, 2.24) is 4.90 Å². The summed E-state index contributed by atoms with van der Waals surface area (Å²) in [7, 11) is 0. The Balaban J connectivity index is 1.47. The molecule has 0 aromatic heterocycles. The zero-order valence-corrected chi connectivity index (χ0v) is 12.6. The minimum absolute atomic E-state index is 0.409. The van der Waals surface area contributed by atoms with E-state index in [0.29, 0.717) is 5.92 Å². The van der Waals surface area contributed by atoms with Crippen LogP contribution < -0.4 is 0 Å². The zero-order chi connectivity index (χ0) is 14.0. The van der Waals surface area contributed by atoms with E-state index < -0.39 is 5.60 Å². The maximum absolute atomic E-state index is 10.7. The molecule has 1 saturated heterocycles. The summed E-state index contributed by atoms with van der Waals surface area (Å²) in [6.45, 7) is 5.38. The molecule has 2 aliphatic rings. The predicted octanol–water partition coefficient (Wildman–Crippen LogP) is 3.42. The molecule has 1 N–H and O–H groups in total. The number of β-amino-alcohol motifs (C(OH)–C–C–N with tert-alkyl or cyclic N) is 1. The molecule has 1 heterocycles. The van der Waals surface area contributed by atoms with Crippen LogP contribution in [-0.2, 0) is 0 Å². The second-order valence-electron chi connectivity index (χ2n) is 6.88. The molecule has 2 nitrogen and oxygen atoms in total. The number of nitrogens with zero attached hydrogens (tertiary/aromatic N) is 1. The monoisotopic (exact) mass is 273 g/mol. The average Bonchev–Trinajstić information content (AvgIpc) is 2.44. The highest BCUT2D eigenvalue weighted by molar-refractivity contribution is 5.22. The van der Waals surface area contributed by atoms with Crippen LogP contribution in [0.15, 0.2) is 30.3 Å². The summed E-state index contributed by atoms with van der Waals surface area (Å²) in [6, 6.07) is 10.8. The second-order valence-corrected chi connectivity index (χ2v) is 6.88. The van der Waals surface area contributed by atoms with E-state index in [9.17, 15) is 5.11 Å². The molecular weight excluding hydrogens is 246 g/mol. The van der Waals surface area contributed by atoms with Gasteiger partial charge < -0.3 is 5.11 Å². The maximum atomic E-state index is 10.7. The van der Waals surface area contributed by atoms with E-state index >= 15 is 0 Å². The van der Waals surface area contributed by atoms with Gasteiger partial charge in [0.1, 0.15) is 0 Å². The Bertz CT molecular complexity index is 416. The molecule has 1 aliphatic carbocycles. The summed E-state index contributed by atoms with van der Waals surface area (Å²) in [6.07, 6.45) is 5.69. The highest BCUT2D eigenvalue weighted by Gasteiger charge is 2.38. The van der Waals surface area contributed by atoms with Crippen molar-refractivity contribution in [3.63, 3.8) is 0 Å². The molecule has 1 aliphatic heterocycles. The van der Waals surface area contributed by atoms with Crippen molar-refractivity contribution < 1.29 is 5.11 Å². The van der Waals surface area contributed by atoms with E-state index in [0.717, 1.165) is 38.4 Å². The maximum Gasteiger partial charge on any atom is 0.0774 e. The molecule has 1 aromatic carbocycles. The van der Waals surface area contributed by atoms with Crippen molar-refractivity contribution in [3.8, 4) is 0 Å². The lowest BCUT2D eigenvalue weighted by Crippen LogP contribution is -2.53. The number of hydrogen-bond donors (Lipinski definition) is 1. The van der Waals surface area contributed by atoms with Gasteiger partial charge in [-0.15, -0.1) is 0 Å². The van der Waals surface area contributed by atoms with Gasteiger partial charge in [0.25, 0.3) is 0 Å². The van der Waals surface area contributed by atoms with Gasteiger partial charge in [0.2, 0.25) is 0 Å². The second kappa shape index (κ2) is 5.87. The van der Waals surface area contributed by atoms with Crippen molar-refractivity contribution >= 4 is 0 Å². The van der Waals surface area contributed by atoms with Crippen LogP contribution in [0.25, 0.3) is 0 Å². The predicted molar refractivity (Wildman–Crippen MR) is 82.8 cm³/mol. The van der Waals surface area contributed by atoms with Crippen molar-refractivity contribution in [2.75, 3.05) is 19.6 Å². The van der Waals surface area contributed by atoms with Crippen molar-refractivity contribution in [2.45, 2.75) is 50.5 Å². The van der Waals surface area contributed by atoms with Gasteiger partial charge in [0.05, 0.1) is 5.60 Å². The number of hydrogen-bond acceptors (Lipinski definition) is 2. The van der Waals surface area contributed by atoms with Crippen molar-refractivity contribution in [3.05, 3.63) is 35.9 Å². The number of likely N-dealkylation sites (tertiary alicyclic amines) is 1. The molecule has 0 spiro atoms. The Hall–Kier alpha value is -0.860. The van der Waals surface area contributed by atoms with Gasteiger partial charge in [0, 0.05) is 25.6 Å². The molecule has 0 radical (unpaired) electrons. The van der Waals surface area contributed by atoms with Crippen LogP contribution in [0.2, 0.25) is 0 Å². The Morgan fingerprint density at radius 2 is 1.80 bits per heavy atom. The summed E-state index contributed by atoms with van der Waals surface area (Å²) >= 11 is 0. The standard InChI is InChI=1S/C18H27NO/c1-2-15-8-10-18(20,11-9-15)14-19-12-17(13-19)16-6-4-3-5-7-16/h3-7,15,17,20H,2,8-14H2,1H3. The van der Waals surface area contributed by atoms with Crippen LogP contribution in [0.1, 0.15) is 50.5 Å². The first-order valence-corrected chi connectivity index (χ1v) is 8.18. The van der Waals surface area contributed by atoms with Gasteiger partial charge in [-0.05, 0) is 37.2 Å². The van der Waals surface area contributed by atoms with Crippen LogP contribution in [0, 0.1) is 5.92 Å². The molecule has 0 bridgehead atoms. The largest absolute Gasteiger partial charge is 0.389 e. The Labute approximate surface area is 122 Å². The quantitative estimate of drug-likeness (QED) is 0.908. The van der Waals surface area contributed by atoms with Crippen molar-refractivity contribution in [2.24, 2.45) is 5.92 Å². The van der Waals surface area contributed by atoms with Crippen LogP contribution in [0.4, 0.5) is 0 Å².